The largest absolute Gasteiger partial charge is 0.461 e. The molecule has 0 saturated carbocycles. The van der Waals surface area contributed by atoms with Crippen molar-refractivity contribution < 1.29 is 14.0 Å². The van der Waals surface area contributed by atoms with E-state index in [4.69, 9.17) is 9.16 Å². The minimum Gasteiger partial charge on any atom is -0.461 e. The van der Waals surface area contributed by atoms with Crippen molar-refractivity contribution in [2.45, 2.75) is 91.1 Å². The lowest BCUT2D eigenvalue weighted by Gasteiger charge is -2.35. The van der Waals surface area contributed by atoms with Crippen molar-refractivity contribution in [2.75, 3.05) is 0 Å². The Morgan fingerprint density at radius 2 is 1.62 bits per heavy atom. The van der Waals surface area contributed by atoms with Gasteiger partial charge in [0.2, 0.25) is 0 Å². The van der Waals surface area contributed by atoms with Crippen LogP contribution in [-0.2, 0) is 20.6 Å². The fourth-order valence-corrected chi connectivity index (χ4v) is 6.30. The minimum atomic E-state index is -1.74. The predicted octanol–water partition coefficient (Wildman–Crippen LogP) is 6.34. The maximum atomic E-state index is 12.7. The van der Waals surface area contributed by atoms with Crippen molar-refractivity contribution in [1.29, 1.82) is 0 Å². The number of rotatable bonds is 13. The van der Waals surface area contributed by atoms with Gasteiger partial charge in [0.15, 0.2) is 8.32 Å². The molecule has 0 fully saturated rings. The highest BCUT2D eigenvalue weighted by Gasteiger charge is 2.36. The van der Waals surface area contributed by atoms with Crippen LogP contribution in [0.2, 0.25) is 18.1 Å². The van der Waals surface area contributed by atoms with Gasteiger partial charge >= 0.3 is 5.97 Å². The second-order valence-electron chi connectivity index (χ2n) is 7.28. The van der Waals surface area contributed by atoms with Crippen LogP contribution in [-0.4, -0.2) is 20.4 Å². The molecule has 0 aliphatic carbocycles. The van der Waals surface area contributed by atoms with E-state index in [0.29, 0.717) is 6.61 Å². The molecule has 0 aromatic heterocycles. The predicted molar refractivity (Wildman–Crippen MR) is 112 cm³/mol. The Bertz CT molecular complexity index is 491. The number of hydrogen-bond acceptors (Lipinski definition) is 3. The smallest absolute Gasteiger partial charge is 0.311 e. The van der Waals surface area contributed by atoms with Gasteiger partial charge in [-0.05, 0) is 37.0 Å². The maximum Gasteiger partial charge on any atom is 0.311 e. The highest BCUT2D eigenvalue weighted by Crippen LogP contribution is 2.28. The highest BCUT2D eigenvalue weighted by atomic mass is 28.4. The third kappa shape index (κ3) is 7.24. The average molecular weight is 379 g/mol. The summed E-state index contributed by atoms with van der Waals surface area (Å²) in [5.41, 5.74) is 1.02. The first-order valence-corrected chi connectivity index (χ1v) is 12.9. The van der Waals surface area contributed by atoms with Crippen molar-refractivity contribution >= 4 is 14.3 Å². The van der Waals surface area contributed by atoms with Gasteiger partial charge in [-0.1, -0.05) is 77.3 Å². The fourth-order valence-electron chi connectivity index (χ4n) is 3.34. The van der Waals surface area contributed by atoms with E-state index in [1.54, 1.807) is 0 Å². The van der Waals surface area contributed by atoms with Crippen LogP contribution in [0, 0.1) is 5.92 Å². The Kier molecular flexibility index (Phi) is 10.8. The van der Waals surface area contributed by atoms with Gasteiger partial charge in [-0.15, -0.1) is 0 Å². The van der Waals surface area contributed by atoms with E-state index in [2.05, 4.69) is 27.7 Å². The average Bonchev–Trinajstić information content (AvgIpc) is 2.69. The molecule has 0 radical (unpaired) electrons. The molecule has 1 aromatic carbocycles. The van der Waals surface area contributed by atoms with Gasteiger partial charge in [-0.2, -0.15) is 0 Å². The van der Waals surface area contributed by atoms with Crippen LogP contribution in [0.15, 0.2) is 30.3 Å². The van der Waals surface area contributed by atoms with Gasteiger partial charge in [-0.25, -0.2) is 0 Å². The summed E-state index contributed by atoms with van der Waals surface area (Å²) in [7, 11) is -1.74. The Balaban J connectivity index is 2.74. The van der Waals surface area contributed by atoms with Crippen molar-refractivity contribution in [3.63, 3.8) is 0 Å². The van der Waals surface area contributed by atoms with E-state index < -0.39 is 8.32 Å². The van der Waals surface area contributed by atoms with E-state index >= 15 is 0 Å². The number of carbonyl (C=O) groups is 1. The molecule has 0 heterocycles. The van der Waals surface area contributed by atoms with E-state index in [0.717, 1.165) is 36.5 Å². The van der Waals surface area contributed by atoms with Gasteiger partial charge in [-0.3, -0.25) is 4.79 Å². The molecule has 0 N–H and O–H groups in total. The van der Waals surface area contributed by atoms with Crippen molar-refractivity contribution in [3.05, 3.63) is 35.9 Å². The molecule has 0 aliphatic heterocycles. The summed E-state index contributed by atoms with van der Waals surface area (Å²) in [6.45, 7) is 11.2. The molecular formula is C22H38O3Si. The first-order valence-electron chi connectivity index (χ1n) is 10.4. The Morgan fingerprint density at radius 1 is 1.00 bits per heavy atom. The number of carbonyl (C=O) groups excluding carboxylic acids is 1. The molecule has 3 nitrogen and oxygen atoms in total. The van der Waals surface area contributed by atoms with Crippen molar-refractivity contribution in [1.82, 2.24) is 0 Å². The van der Waals surface area contributed by atoms with Crippen LogP contribution < -0.4 is 0 Å². The number of ether oxygens (including phenoxy) is 1. The summed E-state index contributed by atoms with van der Waals surface area (Å²) in [4.78, 5) is 12.7. The number of esters is 1. The quantitative estimate of drug-likeness (QED) is 0.228. The normalized spacial score (nSPS) is 14.0. The lowest BCUT2D eigenvalue weighted by atomic mass is 9.99. The van der Waals surface area contributed by atoms with E-state index in [-0.39, 0.29) is 18.0 Å². The SMILES string of the molecule is CCCCC[C@@H](O[Si](CC)(CC)CC)[C@H](C)C(=O)OCc1ccccc1. The molecule has 0 aliphatic rings. The third-order valence-corrected chi connectivity index (χ3v) is 10.2. The van der Waals surface area contributed by atoms with Crippen molar-refractivity contribution in [3.8, 4) is 0 Å². The summed E-state index contributed by atoms with van der Waals surface area (Å²) < 4.78 is 12.3. The summed E-state index contributed by atoms with van der Waals surface area (Å²) in [6.07, 6.45) is 4.40. The van der Waals surface area contributed by atoms with Crippen LogP contribution in [0.3, 0.4) is 0 Å². The molecule has 26 heavy (non-hydrogen) atoms. The molecule has 0 unspecified atom stereocenters. The molecule has 1 rings (SSSR count). The van der Waals surface area contributed by atoms with Gasteiger partial charge < -0.3 is 9.16 Å². The van der Waals surface area contributed by atoms with E-state index in [1.807, 2.05) is 37.3 Å². The molecule has 2 atom stereocenters. The fraction of sp³-hybridized carbons (Fsp3) is 0.682. The van der Waals surface area contributed by atoms with Gasteiger partial charge in [0.1, 0.15) is 6.61 Å². The molecule has 0 amide bonds. The molecule has 0 bridgehead atoms. The Morgan fingerprint density at radius 3 is 2.15 bits per heavy atom. The van der Waals surface area contributed by atoms with Gasteiger partial charge in [0.25, 0.3) is 0 Å². The summed E-state index contributed by atoms with van der Waals surface area (Å²) in [5.74, 6) is -0.353. The van der Waals surface area contributed by atoms with E-state index in [1.165, 1.54) is 12.8 Å². The molecule has 0 spiro atoms. The van der Waals surface area contributed by atoms with Crippen LogP contribution >= 0.6 is 0 Å². The molecule has 4 heteroatoms. The lowest BCUT2D eigenvalue weighted by Crippen LogP contribution is -2.43. The lowest BCUT2D eigenvalue weighted by molar-refractivity contribution is -0.152. The topological polar surface area (TPSA) is 35.5 Å². The zero-order chi connectivity index (χ0) is 19.4. The van der Waals surface area contributed by atoms with Crippen LogP contribution in [0.25, 0.3) is 0 Å². The van der Waals surface area contributed by atoms with Gasteiger partial charge in [0.05, 0.1) is 12.0 Å². The van der Waals surface area contributed by atoms with Crippen molar-refractivity contribution in [2.24, 2.45) is 5.92 Å². The molecule has 148 valence electrons. The third-order valence-electron chi connectivity index (χ3n) is 5.58. The van der Waals surface area contributed by atoms with Crippen LogP contribution in [0.1, 0.15) is 65.9 Å². The number of unbranched alkanes of at least 4 members (excludes halogenated alkanes) is 2. The standard InChI is InChI=1S/C22H38O3Si/c1-6-10-12-17-21(25-26(7-2,8-3)9-4)19(5)22(23)24-18-20-15-13-11-14-16-20/h11,13-16,19,21H,6-10,12,17-18H2,1-5H3/t19-,21+/m0/s1. The number of hydrogen-bond donors (Lipinski definition) is 0. The Hall–Kier alpha value is -1.13. The Labute approximate surface area is 161 Å². The van der Waals surface area contributed by atoms with Gasteiger partial charge in [0, 0.05) is 0 Å². The monoisotopic (exact) mass is 378 g/mol. The summed E-state index contributed by atoms with van der Waals surface area (Å²) >= 11 is 0. The zero-order valence-corrected chi connectivity index (χ0v) is 18.4. The molecule has 0 saturated heterocycles. The van der Waals surface area contributed by atoms with Crippen LogP contribution in [0.5, 0.6) is 0 Å². The summed E-state index contributed by atoms with van der Waals surface area (Å²) in [5, 5.41) is 0. The van der Waals surface area contributed by atoms with Crippen LogP contribution in [0.4, 0.5) is 0 Å². The first kappa shape index (κ1) is 22.9. The van der Waals surface area contributed by atoms with E-state index in [9.17, 15) is 4.79 Å². The first-order chi connectivity index (χ1) is 12.5. The second-order valence-corrected chi connectivity index (χ2v) is 12.0. The molecule has 1 aromatic rings. The highest BCUT2D eigenvalue weighted by molar-refractivity contribution is 6.73. The zero-order valence-electron chi connectivity index (χ0n) is 17.4. The number of benzene rings is 1. The second kappa shape index (κ2) is 12.3. The maximum absolute atomic E-state index is 12.7. The minimum absolute atomic E-state index is 0.0173. The molecular weight excluding hydrogens is 340 g/mol. The summed E-state index contributed by atoms with van der Waals surface area (Å²) in [6, 6.07) is 13.2.